The van der Waals surface area contributed by atoms with E-state index in [-0.39, 0.29) is 5.91 Å². The molecular formula is C22H28N6O. The van der Waals surface area contributed by atoms with Crippen molar-refractivity contribution in [3.05, 3.63) is 52.4 Å². The van der Waals surface area contributed by atoms with Crippen LogP contribution in [-0.2, 0) is 11.3 Å². The maximum Gasteiger partial charge on any atom is 0.273 e. The molecule has 0 radical (unpaired) electrons. The zero-order chi connectivity index (χ0) is 20.2. The molecule has 0 spiro atoms. The number of carbonyl (C=O) groups is 1. The molecule has 29 heavy (non-hydrogen) atoms. The van der Waals surface area contributed by atoms with E-state index in [1.165, 1.54) is 43.2 Å². The van der Waals surface area contributed by atoms with E-state index in [0.29, 0.717) is 22.9 Å². The number of aromatic amines is 1. The summed E-state index contributed by atoms with van der Waals surface area (Å²) in [6.07, 6.45) is 13.0. The Labute approximate surface area is 171 Å². The van der Waals surface area contributed by atoms with Gasteiger partial charge < -0.3 is 10.3 Å². The average molecular weight is 393 g/mol. The van der Waals surface area contributed by atoms with Gasteiger partial charge in [0.15, 0.2) is 0 Å². The van der Waals surface area contributed by atoms with Crippen LogP contribution in [0.25, 0.3) is 6.08 Å². The molecule has 1 aliphatic carbocycles. The van der Waals surface area contributed by atoms with E-state index < -0.39 is 0 Å². The molecule has 7 nitrogen and oxygen atoms in total. The monoisotopic (exact) mass is 392 g/mol. The lowest BCUT2D eigenvalue weighted by atomic mass is 9.81. The SMILES string of the molecule is CCNCc1c(C)[nH]c(C=C2C(=O)NN=C2c2cnccn2)c1C1CCCCC1. The molecular weight excluding hydrogens is 364 g/mol. The van der Waals surface area contributed by atoms with Gasteiger partial charge in [-0.05, 0) is 49.4 Å². The third-order valence-electron chi connectivity index (χ3n) is 5.82. The van der Waals surface area contributed by atoms with Crippen molar-refractivity contribution >= 4 is 17.7 Å². The van der Waals surface area contributed by atoms with Gasteiger partial charge in [-0.25, -0.2) is 5.43 Å². The summed E-state index contributed by atoms with van der Waals surface area (Å²) in [7, 11) is 0. The van der Waals surface area contributed by atoms with Gasteiger partial charge in [-0.3, -0.25) is 14.8 Å². The second-order valence-electron chi connectivity index (χ2n) is 7.72. The maximum absolute atomic E-state index is 12.5. The lowest BCUT2D eigenvalue weighted by Crippen LogP contribution is -2.16. The minimum absolute atomic E-state index is 0.208. The van der Waals surface area contributed by atoms with Gasteiger partial charge in [0.1, 0.15) is 11.4 Å². The minimum atomic E-state index is -0.208. The Hall–Kier alpha value is -2.80. The quantitative estimate of drug-likeness (QED) is 0.658. The van der Waals surface area contributed by atoms with Crippen LogP contribution in [0.4, 0.5) is 0 Å². The Morgan fingerprint density at radius 1 is 1.24 bits per heavy atom. The van der Waals surface area contributed by atoms with Crippen molar-refractivity contribution in [2.75, 3.05) is 6.54 Å². The Kier molecular flexibility index (Phi) is 5.85. The molecule has 0 atom stereocenters. The van der Waals surface area contributed by atoms with Gasteiger partial charge in [-0.2, -0.15) is 5.10 Å². The highest BCUT2D eigenvalue weighted by molar-refractivity contribution is 6.32. The van der Waals surface area contributed by atoms with E-state index >= 15 is 0 Å². The Morgan fingerprint density at radius 3 is 2.79 bits per heavy atom. The second kappa shape index (κ2) is 8.69. The molecule has 3 heterocycles. The molecule has 3 N–H and O–H groups in total. The highest BCUT2D eigenvalue weighted by Gasteiger charge is 2.28. The molecule has 2 aromatic heterocycles. The number of rotatable bonds is 6. The molecule has 1 fully saturated rings. The van der Waals surface area contributed by atoms with Gasteiger partial charge in [0.25, 0.3) is 5.91 Å². The number of aryl methyl sites for hydroxylation is 1. The fraction of sp³-hybridized carbons (Fsp3) is 0.455. The van der Waals surface area contributed by atoms with Gasteiger partial charge >= 0.3 is 0 Å². The molecule has 0 unspecified atom stereocenters. The fourth-order valence-electron chi connectivity index (χ4n) is 4.39. The number of hydrogen-bond acceptors (Lipinski definition) is 5. The first kappa shape index (κ1) is 19.5. The molecule has 0 saturated heterocycles. The number of hydrogen-bond donors (Lipinski definition) is 3. The highest BCUT2D eigenvalue weighted by Crippen LogP contribution is 2.38. The number of nitrogens with zero attached hydrogens (tertiary/aromatic N) is 3. The van der Waals surface area contributed by atoms with Crippen LogP contribution in [0.2, 0.25) is 0 Å². The molecule has 1 aliphatic heterocycles. The topological polar surface area (TPSA) is 95.1 Å². The summed E-state index contributed by atoms with van der Waals surface area (Å²) in [6, 6.07) is 0. The second-order valence-corrected chi connectivity index (χ2v) is 7.72. The molecule has 152 valence electrons. The van der Waals surface area contributed by atoms with Crippen molar-refractivity contribution in [3.63, 3.8) is 0 Å². The van der Waals surface area contributed by atoms with Gasteiger partial charge in [0.05, 0.1) is 11.8 Å². The number of nitrogens with one attached hydrogen (secondary N) is 3. The molecule has 1 saturated carbocycles. The van der Waals surface area contributed by atoms with Gasteiger partial charge in [-0.15, -0.1) is 0 Å². The Bertz CT molecular complexity index is 938. The molecule has 0 aromatic carbocycles. The summed E-state index contributed by atoms with van der Waals surface area (Å²) in [5.41, 5.74) is 9.11. The lowest BCUT2D eigenvalue weighted by molar-refractivity contribution is -0.116. The molecule has 7 heteroatoms. The number of aromatic nitrogens is 3. The van der Waals surface area contributed by atoms with Crippen LogP contribution in [0.3, 0.4) is 0 Å². The van der Waals surface area contributed by atoms with E-state index in [1.807, 2.05) is 6.08 Å². The van der Waals surface area contributed by atoms with Gasteiger partial charge in [-0.1, -0.05) is 26.2 Å². The zero-order valence-electron chi connectivity index (χ0n) is 17.1. The van der Waals surface area contributed by atoms with Crippen LogP contribution in [-0.4, -0.2) is 33.1 Å². The Morgan fingerprint density at radius 2 is 2.07 bits per heavy atom. The first-order valence-electron chi connectivity index (χ1n) is 10.5. The lowest BCUT2D eigenvalue weighted by Gasteiger charge is -2.23. The van der Waals surface area contributed by atoms with Crippen molar-refractivity contribution in [1.29, 1.82) is 0 Å². The average Bonchev–Trinajstić information content (AvgIpc) is 3.27. The summed E-state index contributed by atoms with van der Waals surface area (Å²) in [6.45, 7) is 6.01. The predicted molar refractivity (Wildman–Crippen MR) is 113 cm³/mol. The summed E-state index contributed by atoms with van der Waals surface area (Å²) >= 11 is 0. The van der Waals surface area contributed by atoms with Crippen molar-refractivity contribution < 1.29 is 4.79 Å². The normalized spacial score (nSPS) is 18.9. The van der Waals surface area contributed by atoms with E-state index in [2.05, 4.69) is 44.6 Å². The minimum Gasteiger partial charge on any atom is -0.359 e. The van der Waals surface area contributed by atoms with E-state index in [0.717, 1.165) is 24.5 Å². The van der Waals surface area contributed by atoms with Crippen LogP contribution in [0, 0.1) is 6.92 Å². The van der Waals surface area contributed by atoms with E-state index in [1.54, 1.807) is 18.6 Å². The third kappa shape index (κ3) is 4.00. The smallest absolute Gasteiger partial charge is 0.273 e. The van der Waals surface area contributed by atoms with Gasteiger partial charge in [0.2, 0.25) is 0 Å². The van der Waals surface area contributed by atoms with E-state index in [9.17, 15) is 4.79 Å². The molecule has 1 amide bonds. The first-order valence-corrected chi connectivity index (χ1v) is 10.5. The fourth-order valence-corrected chi connectivity index (χ4v) is 4.39. The third-order valence-corrected chi connectivity index (χ3v) is 5.82. The van der Waals surface area contributed by atoms with Gasteiger partial charge in [0, 0.05) is 30.3 Å². The molecule has 4 rings (SSSR count). The number of carbonyl (C=O) groups excluding carboxylic acids is 1. The predicted octanol–water partition coefficient (Wildman–Crippen LogP) is 3.19. The van der Waals surface area contributed by atoms with Crippen LogP contribution in [0.1, 0.15) is 73.2 Å². The number of H-pyrrole nitrogens is 1. The van der Waals surface area contributed by atoms with Crippen LogP contribution < -0.4 is 10.7 Å². The van der Waals surface area contributed by atoms with Crippen molar-refractivity contribution in [2.45, 2.75) is 58.4 Å². The standard InChI is InChI=1S/C22H28N6O/c1-3-23-12-17-14(2)26-18(20(17)15-7-5-4-6-8-15)11-16-21(27-28-22(16)29)19-13-24-9-10-25-19/h9-11,13,15,23,26H,3-8,12H2,1-2H3,(H,28,29). The summed E-state index contributed by atoms with van der Waals surface area (Å²) in [5, 5.41) is 7.68. The van der Waals surface area contributed by atoms with Crippen molar-refractivity contribution in [2.24, 2.45) is 5.10 Å². The van der Waals surface area contributed by atoms with E-state index in [4.69, 9.17) is 0 Å². The largest absolute Gasteiger partial charge is 0.359 e. The molecule has 2 aliphatic rings. The van der Waals surface area contributed by atoms with Crippen molar-refractivity contribution in [3.8, 4) is 0 Å². The Balaban J connectivity index is 1.77. The van der Waals surface area contributed by atoms with Crippen LogP contribution in [0.15, 0.2) is 29.3 Å². The molecule has 2 aromatic rings. The summed E-state index contributed by atoms with van der Waals surface area (Å²) in [5.74, 6) is 0.316. The van der Waals surface area contributed by atoms with Crippen molar-refractivity contribution in [1.82, 2.24) is 25.7 Å². The van der Waals surface area contributed by atoms with Crippen LogP contribution in [0.5, 0.6) is 0 Å². The number of amides is 1. The highest BCUT2D eigenvalue weighted by atomic mass is 16.2. The summed E-state index contributed by atoms with van der Waals surface area (Å²) < 4.78 is 0. The summed E-state index contributed by atoms with van der Waals surface area (Å²) in [4.78, 5) is 24.5. The number of hydrazone groups is 1. The zero-order valence-corrected chi connectivity index (χ0v) is 17.1. The first-order chi connectivity index (χ1) is 14.2. The molecule has 0 bridgehead atoms. The van der Waals surface area contributed by atoms with Crippen LogP contribution >= 0.6 is 0 Å². The maximum atomic E-state index is 12.5.